The zero-order valence-electron chi connectivity index (χ0n) is 8.82. The molecule has 1 aromatic heterocycles. The van der Waals surface area contributed by atoms with Crippen LogP contribution in [0.2, 0.25) is 0 Å². The molecule has 0 aliphatic heterocycles. The highest BCUT2D eigenvalue weighted by atomic mass is 32.1. The lowest BCUT2D eigenvalue weighted by atomic mass is 10.1. The summed E-state index contributed by atoms with van der Waals surface area (Å²) in [5.41, 5.74) is 1.44. The lowest BCUT2D eigenvalue weighted by Crippen LogP contribution is -2.36. The van der Waals surface area contributed by atoms with Crippen LogP contribution in [0, 0.1) is 12.3 Å². The van der Waals surface area contributed by atoms with Crippen molar-refractivity contribution in [3.8, 4) is 0 Å². The smallest absolute Gasteiger partial charge is 0.319 e. The Morgan fingerprint density at radius 3 is 2.75 bits per heavy atom. The Bertz CT molecular complexity index is 437. The number of carboxylic acids is 1. The number of aliphatic carboxylic acids is 1. The summed E-state index contributed by atoms with van der Waals surface area (Å²) in [5.74, 6) is -1.40. The molecule has 0 saturated heterocycles. The minimum atomic E-state index is -1.15. The monoisotopic (exact) mass is 240 g/mol. The molecule has 1 aromatic rings. The molecule has 0 spiro atoms. The quantitative estimate of drug-likeness (QED) is 0.767. The normalized spacial score (nSPS) is 16.8. The van der Waals surface area contributed by atoms with Crippen molar-refractivity contribution in [3.05, 3.63) is 16.1 Å². The summed E-state index contributed by atoms with van der Waals surface area (Å²) in [7, 11) is 0. The number of thiazole rings is 1. The third kappa shape index (κ3) is 1.80. The SMILES string of the molecule is Cc1ncsc1CNC(=O)C1(C(=O)O)CC1. The average molecular weight is 240 g/mol. The predicted octanol–water partition coefficient (Wildman–Crippen LogP) is 0.933. The van der Waals surface area contributed by atoms with E-state index in [1.165, 1.54) is 11.3 Å². The van der Waals surface area contributed by atoms with E-state index in [-0.39, 0.29) is 5.91 Å². The molecule has 0 aromatic carbocycles. The first-order valence-corrected chi connectivity index (χ1v) is 5.85. The molecular formula is C10H12N2O3S. The Labute approximate surface area is 96.5 Å². The number of aromatic nitrogens is 1. The second kappa shape index (κ2) is 3.86. The fourth-order valence-electron chi connectivity index (χ4n) is 1.49. The first-order valence-electron chi connectivity index (χ1n) is 4.97. The van der Waals surface area contributed by atoms with Gasteiger partial charge in [-0.1, -0.05) is 0 Å². The van der Waals surface area contributed by atoms with Gasteiger partial charge in [0.1, 0.15) is 5.41 Å². The Kier molecular flexibility index (Phi) is 2.67. The van der Waals surface area contributed by atoms with E-state index in [0.717, 1.165) is 10.6 Å². The molecule has 16 heavy (non-hydrogen) atoms. The number of carboxylic acid groups (broad SMARTS) is 1. The largest absolute Gasteiger partial charge is 0.480 e. The maximum absolute atomic E-state index is 11.7. The molecule has 0 bridgehead atoms. The highest BCUT2D eigenvalue weighted by molar-refractivity contribution is 7.09. The van der Waals surface area contributed by atoms with Gasteiger partial charge in [0.2, 0.25) is 5.91 Å². The number of hydrogen-bond donors (Lipinski definition) is 2. The fourth-order valence-corrected chi connectivity index (χ4v) is 2.21. The summed E-state index contributed by atoms with van der Waals surface area (Å²) in [4.78, 5) is 27.6. The number of amides is 1. The summed E-state index contributed by atoms with van der Waals surface area (Å²) in [6, 6.07) is 0. The third-order valence-corrected chi connectivity index (χ3v) is 3.78. The summed E-state index contributed by atoms with van der Waals surface area (Å²) in [5, 5.41) is 11.6. The molecule has 1 amide bonds. The number of carbonyl (C=O) groups is 2. The van der Waals surface area contributed by atoms with Crippen molar-refractivity contribution in [2.24, 2.45) is 5.41 Å². The van der Waals surface area contributed by atoms with Gasteiger partial charge in [0.15, 0.2) is 0 Å². The molecule has 1 heterocycles. The van der Waals surface area contributed by atoms with Crippen LogP contribution in [0.5, 0.6) is 0 Å². The van der Waals surface area contributed by atoms with Gasteiger partial charge in [-0.3, -0.25) is 9.59 Å². The molecule has 0 atom stereocenters. The number of nitrogens with one attached hydrogen (secondary N) is 1. The summed E-state index contributed by atoms with van der Waals surface area (Å²) < 4.78 is 0. The van der Waals surface area contributed by atoms with Crippen LogP contribution in [0.4, 0.5) is 0 Å². The van der Waals surface area contributed by atoms with E-state index in [4.69, 9.17) is 5.11 Å². The highest BCUT2D eigenvalue weighted by Gasteiger charge is 2.56. The van der Waals surface area contributed by atoms with Crippen LogP contribution < -0.4 is 5.32 Å². The molecule has 6 heteroatoms. The van der Waals surface area contributed by atoms with E-state index >= 15 is 0 Å². The molecule has 0 radical (unpaired) electrons. The molecule has 1 aliphatic carbocycles. The van der Waals surface area contributed by atoms with Gasteiger partial charge in [-0.05, 0) is 19.8 Å². The van der Waals surface area contributed by atoms with Crippen molar-refractivity contribution < 1.29 is 14.7 Å². The van der Waals surface area contributed by atoms with Crippen LogP contribution in [0.1, 0.15) is 23.4 Å². The van der Waals surface area contributed by atoms with E-state index in [9.17, 15) is 9.59 Å². The molecule has 86 valence electrons. The Balaban J connectivity index is 1.95. The number of nitrogens with zero attached hydrogens (tertiary/aromatic N) is 1. The molecule has 5 nitrogen and oxygen atoms in total. The number of carbonyl (C=O) groups excluding carboxylic acids is 1. The second-order valence-corrected chi connectivity index (χ2v) is 4.87. The minimum absolute atomic E-state index is 0.365. The molecule has 1 aliphatic rings. The number of hydrogen-bond acceptors (Lipinski definition) is 4. The Hall–Kier alpha value is -1.43. The van der Waals surface area contributed by atoms with Gasteiger partial charge in [0.25, 0.3) is 0 Å². The van der Waals surface area contributed by atoms with Crippen molar-refractivity contribution in [1.82, 2.24) is 10.3 Å². The van der Waals surface area contributed by atoms with Gasteiger partial charge in [-0.15, -0.1) is 11.3 Å². The van der Waals surface area contributed by atoms with Crippen LogP contribution in [0.15, 0.2) is 5.51 Å². The average Bonchev–Trinajstić information content (AvgIpc) is 2.95. The van der Waals surface area contributed by atoms with Gasteiger partial charge in [0.05, 0.1) is 17.7 Å². The van der Waals surface area contributed by atoms with Crippen molar-refractivity contribution in [2.45, 2.75) is 26.3 Å². The predicted molar refractivity (Wildman–Crippen MR) is 58.0 cm³/mol. The van der Waals surface area contributed by atoms with E-state index < -0.39 is 11.4 Å². The van der Waals surface area contributed by atoms with Crippen LogP contribution >= 0.6 is 11.3 Å². The second-order valence-electron chi connectivity index (χ2n) is 3.93. The van der Waals surface area contributed by atoms with Crippen LogP contribution in [0.25, 0.3) is 0 Å². The van der Waals surface area contributed by atoms with Crippen LogP contribution in [-0.4, -0.2) is 22.0 Å². The maximum Gasteiger partial charge on any atom is 0.319 e. The summed E-state index contributed by atoms with van der Waals surface area (Å²) in [6.07, 6.45) is 0.881. The van der Waals surface area contributed by atoms with E-state index in [0.29, 0.717) is 19.4 Å². The fraction of sp³-hybridized carbons (Fsp3) is 0.500. The van der Waals surface area contributed by atoms with Crippen LogP contribution in [-0.2, 0) is 16.1 Å². The standard InChI is InChI=1S/C10H12N2O3S/c1-6-7(16-5-12-6)4-11-8(13)10(2-3-10)9(14)15/h5H,2-4H2,1H3,(H,11,13)(H,14,15). The molecule has 0 unspecified atom stereocenters. The van der Waals surface area contributed by atoms with Gasteiger partial charge in [-0.2, -0.15) is 0 Å². The first kappa shape index (κ1) is 11.1. The van der Waals surface area contributed by atoms with Gasteiger partial charge in [-0.25, -0.2) is 4.98 Å². The van der Waals surface area contributed by atoms with Crippen molar-refractivity contribution in [1.29, 1.82) is 0 Å². The lowest BCUT2D eigenvalue weighted by Gasteiger charge is -2.09. The summed E-state index contributed by atoms with van der Waals surface area (Å²) >= 11 is 1.46. The zero-order valence-corrected chi connectivity index (χ0v) is 9.63. The highest BCUT2D eigenvalue weighted by Crippen LogP contribution is 2.46. The van der Waals surface area contributed by atoms with E-state index in [2.05, 4.69) is 10.3 Å². The minimum Gasteiger partial charge on any atom is -0.480 e. The number of rotatable bonds is 4. The zero-order chi connectivity index (χ0) is 11.8. The van der Waals surface area contributed by atoms with Crippen molar-refractivity contribution in [2.75, 3.05) is 0 Å². The van der Waals surface area contributed by atoms with Gasteiger partial charge in [0, 0.05) is 4.88 Å². The molecule has 1 saturated carbocycles. The lowest BCUT2D eigenvalue weighted by molar-refractivity contribution is -0.149. The van der Waals surface area contributed by atoms with Gasteiger partial charge >= 0.3 is 5.97 Å². The topological polar surface area (TPSA) is 79.3 Å². The van der Waals surface area contributed by atoms with E-state index in [1.807, 2.05) is 6.92 Å². The van der Waals surface area contributed by atoms with E-state index in [1.54, 1.807) is 5.51 Å². The molecule has 2 rings (SSSR count). The number of aryl methyl sites for hydroxylation is 1. The van der Waals surface area contributed by atoms with Gasteiger partial charge < -0.3 is 10.4 Å². The third-order valence-electron chi connectivity index (χ3n) is 2.85. The van der Waals surface area contributed by atoms with Crippen molar-refractivity contribution >= 4 is 23.2 Å². The summed E-state index contributed by atoms with van der Waals surface area (Å²) in [6.45, 7) is 2.23. The molecule has 1 fully saturated rings. The first-order chi connectivity index (χ1) is 7.56. The molecular weight excluding hydrogens is 228 g/mol. The Morgan fingerprint density at radius 2 is 2.31 bits per heavy atom. The molecule has 2 N–H and O–H groups in total. The maximum atomic E-state index is 11.7. The van der Waals surface area contributed by atoms with Crippen LogP contribution in [0.3, 0.4) is 0 Å². The van der Waals surface area contributed by atoms with Crippen molar-refractivity contribution in [3.63, 3.8) is 0 Å². The Morgan fingerprint density at radius 1 is 1.62 bits per heavy atom.